The first-order valence-electron chi connectivity index (χ1n) is 19.2. The molecular weight excluding hydrogens is 757 g/mol. The summed E-state index contributed by atoms with van der Waals surface area (Å²) in [5, 5.41) is 4.31. The predicted molar refractivity (Wildman–Crippen MR) is 223 cm³/mol. The van der Waals surface area contributed by atoms with Crippen molar-refractivity contribution in [3.05, 3.63) is 166 Å². The van der Waals surface area contributed by atoms with Crippen LogP contribution in [0.5, 0.6) is 0 Å². The lowest BCUT2D eigenvalue weighted by molar-refractivity contribution is 0.0906. The number of fused-ring (bicyclic) bond motifs is 4. The third-order valence-corrected chi connectivity index (χ3v) is 12.4. The Hall–Kier alpha value is -8.24. The predicted octanol–water partition coefficient (Wildman–Crippen LogP) is 9.06. The van der Waals surface area contributed by atoms with E-state index >= 15 is 0 Å². The van der Waals surface area contributed by atoms with E-state index in [4.69, 9.17) is 0 Å². The Balaban J connectivity index is 0.969. The number of carbonyl (C=O) groups excluding carboxylic acids is 8. The number of rotatable bonds is 4. The summed E-state index contributed by atoms with van der Waals surface area (Å²) >= 11 is 0. The van der Waals surface area contributed by atoms with Crippen molar-refractivity contribution in [1.82, 2.24) is 0 Å². The Bertz CT molecular complexity index is 3270. The Morgan fingerprint density at radius 2 is 0.717 bits per heavy atom. The van der Waals surface area contributed by atoms with Crippen LogP contribution in [0.15, 0.2) is 121 Å². The van der Waals surface area contributed by atoms with Crippen LogP contribution >= 0.6 is 0 Å². The number of nitrogens with zero attached hydrogens (tertiary/aromatic N) is 2. The highest BCUT2D eigenvalue weighted by molar-refractivity contribution is 6.41. The van der Waals surface area contributed by atoms with Crippen LogP contribution < -0.4 is 9.80 Å². The van der Waals surface area contributed by atoms with Crippen LogP contribution in [-0.2, 0) is 0 Å². The van der Waals surface area contributed by atoms with Crippen molar-refractivity contribution in [3.8, 4) is 22.3 Å². The molecule has 60 heavy (non-hydrogen) atoms. The van der Waals surface area contributed by atoms with E-state index < -0.39 is 23.6 Å². The average Bonchev–Trinajstić information content (AvgIpc) is 3.91. The van der Waals surface area contributed by atoms with E-state index in [9.17, 15) is 38.4 Å². The quantitative estimate of drug-likeness (QED) is 0.0978. The van der Waals surface area contributed by atoms with Crippen LogP contribution in [0.4, 0.5) is 11.4 Å². The number of ketones is 4. The minimum Gasteiger partial charge on any atom is -0.294 e. The molecule has 282 valence electrons. The van der Waals surface area contributed by atoms with Crippen molar-refractivity contribution in [3.63, 3.8) is 0 Å². The molecule has 0 unspecified atom stereocenters. The zero-order valence-corrected chi connectivity index (χ0v) is 31.1. The minimum absolute atomic E-state index is 0.192. The van der Waals surface area contributed by atoms with E-state index in [2.05, 4.69) is 0 Å². The van der Waals surface area contributed by atoms with Crippen LogP contribution in [0.3, 0.4) is 0 Å². The zero-order chi connectivity index (χ0) is 40.9. The lowest BCUT2D eigenvalue weighted by Gasteiger charge is -2.22. The lowest BCUT2D eigenvalue weighted by atomic mass is 9.92. The van der Waals surface area contributed by atoms with Gasteiger partial charge in [-0.2, -0.15) is 0 Å². The second kappa shape index (κ2) is 11.7. The number of amides is 4. The SMILES string of the molecule is O=C1CC(=O)c2cc(-c3cccc4c3C(=O)N(c3ccc5ccc6c(N7C(=O)c8cccc(-c9ccc%10c(c9)C(=O)CC%10=O)c8C7=O)ccc7ccc3c5c76)C4=O)ccc21. The maximum Gasteiger partial charge on any atom is 0.266 e. The van der Waals surface area contributed by atoms with Crippen molar-refractivity contribution in [2.75, 3.05) is 9.80 Å². The van der Waals surface area contributed by atoms with Gasteiger partial charge in [0.1, 0.15) is 0 Å². The summed E-state index contributed by atoms with van der Waals surface area (Å²) in [7, 11) is 0. The zero-order valence-electron chi connectivity index (χ0n) is 31.1. The summed E-state index contributed by atoms with van der Waals surface area (Å²) < 4.78 is 0. The Morgan fingerprint density at radius 1 is 0.333 bits per heavy atom. The molecule has 12 rings (SSSR count). The number of carbonyl (C=O) groups is 8. The normalized spacial score (nSPS) is 15.7. The van der Waals surface area contributed by atoms with Gasteiger partial charge in [0.2, 0.25) is 0 Å². The highest BCUT2D eigenvalue weighted by atomic mass is 16.2. The van der Waals surface area contributed by atoms with Crippen molar-refractivity contribution >= 4 is 90.5 Å². The maximum atomic E-state index is 14.5. The van der Waals surface area contributed by atoms with Gasteiger partial charge in [-0.3, -0.25) is 38.4 Å². The molecule has 0 bridgehead atoms. The molecule has 0 atom stereocenters. The van der Waals surface area contributed by atoms with Gasteiger partial charge in [0.05, 0.1) is 46.5 Å². The number of anilines is 2. The monoisotopic (exact) mass is 780 g/mol. The van der Waals surface area contributed by atoms with E-state index in [1.165, 1.54) is 0 Å². The second-order valence-electron chi connectivity index (χ2n) is 15.5. The highest BCUT2D eigenvalue weighted by Gasteiger charge is 2.42. The fourth-order valence-electron chi connectivity index (χ4n) is 9.69. The molecule has 0 saturated carbocycles. The molecule has 10 heteroatoms. The molecule has 0 fully saturated rings. The van der Waals surface area contributed by atoms with Crippen LogP contribution in [0, 0.1) is 0 Å². The smallest absolute Gasteiger partial charge is 0.266 e. The molecule has 8 aromatic rings. The van der Waals surface area contributed by atoms with Gasteiger partial charge in [-0.05, 0) is 80.2 Å². The molecular formula is C50H24N2O8. The summed E-state index contributed by atoms with van der Waals surface area (Å²) in [5.41, 5.74) is 4.81. The molecule has 0 N–H and O–H groups in total. The number of hydrogen-bond donors (Lipinski definition) is 0. The molecule has 2 aliphatic heterocycles. The van der Waals surface area contributed by atoms with Gasteiger partial charge in [0, 0.05) is 33.0 Å². The van der Waals surface area contributed by atoms with Crippen molar-refractivity contribution in [2.24, 2.45) is 0 Å². The Morgan fingerprint density at radius 3 is 1.15 bits per heavy atom. The summed E-state index contributed by atoms with van der Waals surface area (Å²) in [6, 6.07) is 34.4. The standard InChI is InChI=1S/C50H24N2O8/c53-39-21-41(55)35-19-25(9-13-29(35)39)27-3-1-5-33-45(27)49(59)51(47(33)57)37-17-11-23-8-16-32-38(18-12-24-7-15-31(37)43(23)44(24)32)52-48(58)34-6-2-4-28(46(34)50(52)60)26-10-14-30-36(20-26)42(56)22-40(30)54/h1-20H,21-22H2. The molecule has 2 heterocycles. The second-order valence-corrected chi connectivity index (χ2v) is 15.5. The van der Waals surface area contributed by atoms with E-state index in [1.807, 2.05) is 36.4 Å². The fraction of sp³-hybridized carbons (Fsp3) is 0.0400. The van der Waals surface area contributed by atoms with Gasteiger partial charge < -0.3 is 0 Å². The van der Waals surface area contributed by atoms with Crippen LogP contribution in [-0.4, -0.2) is 46.8 Å². The summed E-state index contributed by atoms with van der Waals surface area (Å²) in [5.74, 6) is -3.17. The van der Waals surface area contributed by atoms with Gasteiger partial charge in [-0.1, -0.05) is 84.9 Å². The maximum absolute atomic E-state index is 14.5. The molecule has 0 aromatic heterocycles. The molecule has 10 nitrogen and oxygen atoms in total. The van der Waals surface area contributed by atoms with Gasteiger partial charge >= 0.3 is 0 Å². The molecule has 0 saturated heterocycles. The summed E-state index contributed by atoms with van der Waals surface area (Å²) in [4.78, 5) is 110. The molecule has 4 amide bonds. The number of Topliss-reactive ketones (excluding diaryl/α,β-unsaturated/α-hetero) is 4. The molecule has 0 spiro atoms. The minimum atomic E-state index is -0.537. The number of hydrogen-bond acceptors (Lipinski definition) is 8. The fourth-order valence-corrected chi connectivity index (χ4v) is 9.69. The van der Waals surface area contributed by atoms with Crippen LogP contribution in [0.25, 0.3) is 54.6 Å². The topological polar surface area (TPSA) is 143 Å². The van der Waals surface area contributed by atoms with E-state index in [-0.39, 0.29) is 58.2 Å². The van der Waals surface area contributed by atoms with E-state index in [0.717, 1.165) is 31.3 Å². The van der Waals surface area contributed by atoms with Gasteiger partial charge in [-0.25, -0.2) is 9.80 Å². The van der Waals surface area contributed by atoms with E-state index in [0.29, 0.717) is 66.7 Å². The first-order valence-corrected chi connectivity index (χ1v) is 19.2. The molecule has 4 aliphatic rings. The van der Waals surface area contributed by atoms with E-state index in [1.54, 1.807) is 84.9 Å². The van der Waals surface area contributed by atoms with Gasteiger partial charge in [0.25, 0.3) is 23.6 Å². The third-order valence-electron chi connectivity index (χ3n) is 12.4. The molecule has 0 radical (unpaired) electrons. The third kappa shape index (κ3) is 4.31. The Labute approximate surface area is 338 Å². The van der Waals surface area contributed by atoms with Crippen molar-refractivity contribution < 1.29 is 38.4 Å². The number of imide groups is 2. The number of benzene rings is 8. The van der Waals surface area contributed by atoms with Gasteiger partial charge in [0.15, 0.2) is 23.1 Å². The molecule has 2 aliphatic carbocycles. The lowest BCUT2D eigenvalue weighted by Crippen LogP contribution is -2.30. The first kappa shape index (κ1) is 33.9. The van der Waals surface area contributed by atoms with Crippen molar-refractivity contribution in [2.45, 2.75) is 12.8 Å². The largest absolute Gasteiger partial charge is 0.294 e. The van der Waals surface area contributed by atoms with Gasteiger partial charge in [-0.15, -0.1) is 0 Å². The summed E-state index contributed by atoms with van der Waals surface area (Å²) in [6.07, 6.45) is -0.395. The highest BCUT2D eigenvalue weighted by Crippen LogP contribution is 2.46. The average molecular weight is 781 g/mol. The first-order chi connectivity index (χ1) is 29.1. The summed E-state index contributed by atoms with van der Waals surface area (Å²) in [6.45, 7) is 0. The Kier molecular flexibility index (Phi) is 6.59. The van der Waals surface area contributed by atoms with Crippen molar-refractivity contribution in [1.29, 1.82) is 0 Å². The molecule has 8 aromatic carbocycles. The van der Waals surface area contributed by atoms with Crippen LogP contribution in [0.1, 0.15) is 95.7 Å². The van der Waals surface area contributed by atoms with Crippen LogP contribution in [0.2, 0.25) is 0 Å².